The van der Waals surface area contributed by atoms with Crippen molar-refractivity contribution in [3.8, 4) is 0 Å². The summed E-state index contributed by atoms with van der Waals surface area (Å²) in [6, 6.07) is 6.35. The Bertz CT molecular complexity index is 679. The number of carbonyl (C=O) groups is 4. The fourth-order valence-corrected chi connectivity index (χ4v) is 2.68. The van der Waals surface area contributed by atoms with E-state index in [1.54, 1.807) is 12.1 Å². The third kappa shape index (κ3) is 4.91. The molecule has 0 spiro atoms. The zero-order chi connectivity index (χ0) is 19.3. The van der Waals surface area contributed by atoms with Crippen molar-refractivity contribution in [2.45, 2.75) is 39.7 Å². The predicted octanol–water partition coefficient (Wildman–Crippen LogP) is 1.77. The number of amides is 3. The summed E-state index contributed by atoms with van der Waals surface area (Å²) in [4.78, 5) is 48.9. The van der Waals surface area contributed by atoms with Gasteiger partial charge in [0.05, 0.1) is 11.1 Å². The van der Waals surface area contributed by atoms with Crippen molar-refractivity contribution < 1.29 is 23.9 Å². The quantitative estimate of drug-likeness (QED) is 0.563. The molecule has 0 bridgehead atoms. The van der Waals surface area contributed by atoms with Crippen LogP contribution in [0.25, 0.3) is 0 Å². The van der Waals surface area contributed by atoms with Gasteiger partial charge in [-0.15, -0.1) is 0 Å². The Hall–Kier alpha value is -2.70. The highest BCUT2D eigenvalue weighted by molar-refractivity contribution is 6.22. The Morgan fingerprint density at radius 1 is 1.04 bits per heavy atom. The molecule has 0 unspecified atom stereocenters. The summed E-state index contributed by atoms with van der Waals surface area (Å²) in [6.45, 7) is 5.16. The number of hydrogen-bond donors (Lipinski definition) is 1. The van der Waals surface area contributed by atoms with Crippen LogP contribution in [0.1, 0.15) is 54.3 Å². The average Bonchev–Trinajstić information content (AvgIpc) is 2.83. The molecule has 1 aromatic rings. The van der Waals surface area contributed by atoms with Crippen molar-refractivity contribution in [3.05, 3.63) is 35.4 Å². The number of nitrogens with zero attached hydrogens (tertiary/aromatic N) is 1. The molecule has 1 aliphatic heterocycles. The van der Waals surface area contributed by atoms with Gasteiger partial charge in [0.2, 0.25) is 0 Å². The topological polar surface area (TPSA) is 92.8 Å². The maximum atomic E-state index is 12.2. The minimum atomic E-state index is -0.801. The number of hydrogen-bond acceptors (Lipinski definition) is 5. The number of carbonyl (C=O) groups excluding carboxylic acids is 4. The Balaban J connectivity index is 1.78. The normalized spacial score (nSPS) is 14.4. The smallest absolute Gasteiger partial charge is 0.326 e. The molecule has 1 aliphatic rings. The second-order valence-electron chi connectivity index (χ2n) is 6.84. The first-order chi connectivity index (χ1) is 12.3. The Morgan fingerprint density at radius 2 is 1.62 bits per heavy atom. The summed E-state index contributed by atoms with van der Waals surface area (Å²) in [7, 11) is 0. The van der Waals surface area contributed by atoms with Crippen molar-refractivity contribution >= 4 is 23.7 Å². The van der Waals surface area contributed by atoms with Gasteiger partial charge in [0.1, 0.15) is 6.54 Å². The molecular formula is C19H24N2O5. The van der Waals surface area contributed by atoms with E-state index in [4.69, 9.17) is 4.74 Å². The lowest BCUT2D eigenvalue weighted by atomic mass is 10.0. The SMILES string of the molecule is CC(C)CC[C@@H](C)NC(=O)COC(=O)CN1C(=O)c2ccccc2C1=O. The predicted molar refractivity (Wildman–Crippen MR) is 94.4 cm³/mol. The van der Waals surface area contributed by atoms with Gasteiger partial charge in [-0.25, -0.2) is 0 Å². The zero-order valence-electron chi connectivity index (χ0n) is 15.3. The van der Waals surface area contributed by atoms with Crippen LogP contribution in [-0.2, 0) is 14.3 Å². The molecule has 26 heavy (non-hydrogen) atoms. The molecule has 140 valence electrons. The van der Waals surface area contributed by atoms with Crippen LogP contribution in [0.5, 0.6) is 0 Å². The molecule has 0 fully saturated rings. The van der Waals surface area contributed by atoms with Crippen LogP contribution in [0, 0.1) is 5.92 Å². The van der Waals surface area contributed by atoms with Gasteiger partial charge in [-0.1, -0.05) is 26.0 Å². The van der Waals surface area contributed by atoms with E-state index in [0.717, 1.165) is 17.7 Å². The van der Waals surface area contributed by atoms with Crippen molar-refractivity contribution in [3.63, 3.8) is 0 Å². The molecule has 7 heteroatoms. The number of rotatable bonds is 8. The van der Waals surface area contributed by atoms with Crippen LogP contribution in [0.4, 0.5) is 0 Å². The largest absolute Gasteiger partial charge is 0.454 e. The lowest BCUT2D eigenvalue weighted by Crippen LogP contribution is -2.39. The van der Waals surface area contributed by atoms with Crippen molar-refractivity contribution in [2.24, 2.45) is 5.92 Å². The second kappa shape index (κ2) is 8.60. The van der Waals surface area contributed by atoms with Crippen LogP contribution in [0.2, 0.25) is 0 Å². The maximum absolute atomic E-state index is 12.2. The van der Waals surface area contributed by atoms with E-state index in [1.807, 2.05) is 6.92 Å². The molecule has 1 N–H and O–H groups in total. The highest BCUT2D eigenvalue weighted by atomic mass is 16.5. The summed E-state index contributed by atoms with van der Waals surface area (Å²) in [5, 5.41) is 2.75. The highest BCUT2D eigenvalue weighted by Crippen LogP contribution is 2.22. The minimum absolute atomic E-state index is 0.0140. The molecule has 0 aliphatic carbocycles. The van der Waals surface area contributed by atoms with E-state index in [0.29, 0.717) is 5.92 Å². The number of nitrogens with one attached hydrogen (secondary N) is 1. The van der Waals surface area contributed by atoms with E-state index < -0.39 is 36.8 Å². The van der Waals surface area contributed by atoms with Crippen molar-refractivity contribution in [1.82, 2.24) is 10.2 Å². The van der Waals surface area contributed by atoms with Crippen LogP contribution >= 0.6 is 0 Å². The van der Waals surface area contributed by atoms with Gasteiger partial charge in [0, 0.05) is 6.04 Å². The third-order valence-corrected chi connectivity index (χ3v) is 4.11. The zero-order valence-corrected chi connectivity index (χ0v) is 15.3. The molecule has 0 saturated carbocycles. The van der Waals surface area contributed by atoms with Crippen LogP contribution in [0.3, 0.4) is 0 Å². The van der Waals surface area contributed by atoms with Gasteiger partial charge < -0.3 is 10.1 Å². The first-order valence-electron chi connectivity index (χ1n) is 8.69. The molecule has 1 heterocycles. The lowest BCUT2D eigenvalue weighted by molar-refractivity contribution is -0.148. The van der Waals surface area contributed by atoms with Gasteiger partial charge >= 0.3 is 5.97 Å². The number of fused-ring (bicyclic) bond motifs is 1. The fourth-order valence-electron chi connectivity index (χ4n) is 2.68. The summed E-state index contributed by atoms with van der Waals surface area (Å²) >= 11 is 0. The van der Waals surface area contributed by atoms with Crippen molar-refractivity contribution in [2.75, 3.05) is 13.2 Å². The van der Waals surface area contributed by atoms with E-state index in [9.17, 15) is 19.2 Å². The van der Waals surface area contributed by atoms with Gasteiger partial charge in [0.15, 0.2) is 6.61 Å². The van der Waals surface area contributed by atoms with Gasteiger partial charge in [-0.2, -0.15) is 0 Å². The molecular weight excluding hydrogens is 336 g/mol. The summed E-state index contributed by atoms with van der Waals surface area (Å²) in [5.74, 6) is -1.73. The maximum Gasteiger partial charge on any atom is 0.326 e. The minimum Gasteiger partial charge on any atom is -0.454 e. The second-order valence-corrected chi connectivity index (χ2v) is 6.84. The average molecular weight is 360 g/mol. The fraction of sp³-hybridized carbons (Fsp3) is 0.474. The third-order valence-electron chi connectivity index (χ3n) is 4.11. The molecule has 0 aromatic heterocycles. The van der Waals surface area contributed by atoms with Gasteiger partial charge in [0.25, 0.3) is 17.7 Å². The van der Waals surface area contributed by atoms with Crippen LogP contribution in [0.15, 0.2) is 24.3 Å². The lowest BCUT2D eigenvalue weighted by Gasteiger charge is -2.16. The van der Waals surface area contributed by atoms with E-state index in [2.05, 4.69) is 19.2 Å². The molecule has 7 nitrogen and oxygen atoms in total. The van der Waals surface area contributed by atoms with Gasteiger partial charge in [-0.3, -0.25) is 24.1 Å². The van der Waals surface area contributed by atoms with E-state index in [1.165, 1.54) is 12.1 Å². The number of esters is 1. The number of benzene rings is 1. The Kier molecular flexibility index (Phi) is 6.49. The standard InChI is InChI=1S/C19H24N2O5/c1-12(2)8-9-13(3)20-16(22)11-26-17(23)10-21-18(24)14-6-4-5-7-15(14)19(21)25/h4-7,12-13H,8-11H2,1-3H3,(H,20,22)/t13-/m1/s1. The first-order valence-corrected chi connectivity index (χ1v) is 8.69. The number of imide groups is 1. The first kappa shape index (κ1) is 19.6. The number of ether oxygens (including phenoxy) is 1. The van der Waals surface area contributed by atoms with E-state index in [-0.39, 0.29) is 17.2 Å². The molecule has 0 saturated heterocycles. The summed E-state index contributed by atoms with van der Waals surface area (Å²) in [5.41, 5.74) is 0.532. The van der Waals surface area contributed by atoms with Crippen molar-refractivity contribution in [1.29, 1.82) is 0 Å². The highest BCUT2D eigenvalue weighted by Gasteiger charge is 2.36. The van der Waals surface area contributed by atoms with E-state index >= 15 is 0 Å². The summed E-state index contributed by atoms with van der Waals surface area (Å²) in [6.07, 6.45) is 1.83. The molecule has 0 radical (unpaired) electrons. The summed E-state index contributed by atoms with van der Waals surface area (Å²) < 4.78 is 4.89. The Morgan fingerprint density at radius 3 is 2.15 bits per heavy atom. The molecule has 2 rings (SSSR count). The molecule has 1 atom stereocenters. The molecule has 3 amide bonds. The van der Waals surface area contributed by atoms with Crippen LogP contribution in [-0.4, -0.2) is 47.8 Å². The van der Waals surface area contributed by atoms with Gasteiger partial charge in [-0.05, 0) is 37.8 Å². The van der Waals surface area contributed by atoms with Crippen LogP contribution < -0.4 is 5.32 Å². The Labute approximate surface area is 152 Å². The molecule has 1 aromatic carbocycles. The monoisotopic (exact) mass is 360 g/mol.